The number of carbonyl (C=O) groups excluding carboxylic acids is 2. The molecule has 37 heavy (non-hydrogen) atoms. The van der Waals surface area contributed by atoms with Crippen molar-refractivity contribution in [1.82, 2.24) is 20.7 Å². The molecule has 2 aromatic carbocycles. The lowest BCUT2D eigenvalue weighted by Crippen LogP contribution is -2.43. The molecule has 0 spiro atoms. The van der Waals surface area contributed by atoms with Crippen molar-refractivity contribution in [2.24, 2.45) is 0 Å². The number of hydrogen-bond acceptors (Lipinski definition) is 10. The maximum Gasteiger partial charge on any atom is 0.338 e. The van der Waals surface area contributed by atoms with Crippen molar-refractivity contribution < 1.29 is 28.2 Å². The number of non-ortho nitro benzene ring substituents is 1. The molecule has 1 atom stereocenters. The zero-order valence-electron chi connectivity index (χ0n) is 19.6. The monoisotopic (exact) mass is 503 g/mol. The van der Waals surface area contributed by atoms with E-state index < -0.39 is 17.0 Å². The first kappa shape index (κ1) is 23.9. The largest absolute Gasteiger partial charge is 0.449 e. The van der Waals surface area contributed by atoms with Gasteiger partial charge in [-0.1, -0.05) is 35.5 Å². The fourth-order valence-corrected chi connectivity index (χ4v) is 3.89. The SMILES string of the molecule is C[C@H](OC(=O)c1ccc([N+](=O)[O-])cc1)c1nnc([C@H]2C[C@H](NC(=O)c3cc(-c4ccccc4)on3)C2)o1. The fourth-order valence-electron chi connectivity index (χ4n) is 3.89. The molecule has 2 aromatic heterocycles. The average molecular weight is 503 g/mol. The molecule has 188 valence electrons. The van der Waals surface area contributed by atoms with Gasteiger partial charge in [-0.2, -0.15) is 0 Å². The Morgan fingerprint density at radius 3 is 2.54 bits per heavy atom. The number of aromatic nitrogens is 3. The van der Waals surface area contributed by atoms with Crippen LogP contribution >= 0.6 is 0 Å². The Hall–Kier alpha value is -4.87. The zero-order valence-corrected chi connectivity index (χ0v) is 19.6. The van der Waals surface area contributed by atoms with Gasteiger partial charge in [0.1, 0.15) is 0 Å². The summed E-state index contributed by atoms with van der Waals surface area (Å²) < 4.78 is 16.3. The number of nitro groups is 1. The first-order valence-electron chi connectivity index (χ1n) is 11.5. The molecule has 0 aliphatic heterocycles. The third-order valence-electron chi connectivity index (χ3n) is 6.03. The van der Waals surface area contributed by atoms with Gasteiger partial charge in [0.15, 0.2) is 17.6 Å². The minimum absolute atomic E-state index is 0.0405. The maximum atomic E-state index is 12.5. The minimum atomic E-state index is -0.814. The number of carbonyl (C=O) groups is 2. The maximum absolute atomic E-state index is 12.5. The van der Waals surface area contributed by atoms with Gasteiger partial charge in [-0.3, -0.25) is 14.9 Å². The van der Waals surface area contributed by atoms with Gasteiger partial charge in [0, 0.05) is 35.7 Å². The van der Waals surface area contributed by atoms with Crippen molar-refractivity contribution in [3.05, 3.63) is 93.8 Å². The Bertz CT molecular complexity index is 1430. The second kappa shape index (κ2) is 10.0. The van der Waals surface area contributed by atoms with Crippen LogP contribution in [0.1, 0.15) is 64.4 Å². The highest BCUT2D eigenvalue weighted by molar-refractivity contribution is 5.93. The van der Waals surface area contributed by atoms with E-state index in [9.17, 15) is 19.7 Å². The van der Waals surface area contributed by atoms with E-state index in [0.29, 0.717) is 24.5 Å². The Kier molecular flexibility index (Phi) is 6.45. The van der Waals surface area contributed by atoms with Crippen molar-refractivity contribution in [2.45, 2.75) is 37.8 Å². The van der Waals surface area contributed by atoms with Crippen LogP contribution in [0.4, 0.5) is 5.69 Å². The molecule has 1 aliphatic carbocycles. The number of hydrogen-bond donors (Lipinski definition) is 1. The molecule has 12 nitrogen and oxygen atoms in total. The molecule has 1 amide bonds. The number of benzene rings is 2. The molecule has 1 aliphatic rings. The number of rotatable bonds is 8. The summed E-state index contributed by atoms with van der Waals surface area (Å²) in [6, 6.07) is 16.0. The van der Waals surface area contributed by atoms with Crippen LogP contribution in [-0.4, -0.2) is 38.2 Å². The van der Waals surface area contributed by atoms with Crippen LogP contribution in [0.3, 0.4) is 0 Å². The van der Waals surface area contributed by atoms with Crippen LogP contribution in [-0.2, 0) is 4.74 Å². The summed E-state index contributed by atoms with van der Waals surface area (Å²) in [5, 5.41) is 25.6. The van der Waals surface area contributed by atoms with Gasteiger partial charge in [0.2, 0.25) is 5.89 Å². The fraction of sp³-hybridized carbons (Fsp3) is 0.240. The number of esters is 1. The molecule has 0 radical (unpaired) electrons. The highest BCUT2D eigenvalue weighted by Crippen LogP contribution is 2.37. The molecule has 12 heteroatoms. The number of ether oxygens (including phenoxy) is 1. The van der Waals surface area contributed by atoms with Crippen LogP contribution in [0.25, 0.3) is 11.3 Å². The van der Waals surface area contributed by atoms with Crippen molar-refractivity contribution in [1.29, 1.82) is 0 Å². The molecule has 1 fully saturated rings. The van der Waals surface area contributed by atoms with Crippen LogP contribution in [0, 0.1) is 10.1 Å². The van der Waals surface area contributed by atoms with E-state index in [1.807, 2.05) is 30.3 Å². The van der Waals surface area contributed by atoms with E-state index in [4.69, 9.17) is 13.7 Å². The lowest BCUT2D eigenvalue weighted by molar-refractivity contribution is -0.384. The van der Waals surface area contributed by atoms with E-state index >= 15 is 0 Å². The molecule has 2 heterocycles. The Balaban J connectivity index is 1.11. The lowest BCUT2D eigenvalue weighted by atomic mass is 9.80. The van der Waals surface area contributed by atoms with Gasteiger partial charge in [-0.05, 0) is 31.9 Å². The number of nitrogens with zero attached hydrogens (tertiary/aromatic N) is 4. The molecule has 1 N–H and O–H groups in total. The highest BCUT2D eigenvalue weighted by Gasteiger charge is 2.36. The van der Waals surface area contributed by atoms with Gasteiger partial charge < -0.3 is 19.0 Å². The number of amides is 1. The smallest absolute Gasteiger partial charge is 0.338 e. The topological polar surface area (TPSA) is 163 Å². The van der Waals surface area contributed by atoms with E-state index in [1.165, 1.54) is 24.3 Å². The van der Waals surface area contributed by atoms with Gasteiger partial charge in [0.25, 0.3) is 17.5 Å². The molecular formula is C25H21N5O7. The summed E-state index contributed by atoms with van der Waals surface area (Å²) >= 11 is 0. The van der Waals surface area contributed by atoms with Crippen molar-refractivity contribution in [3.63, 3.8) is 0 Å². The summed E-state index contributed by atoms with van der Waals surface area (Å²) in [7, 11) is 0. The number of nitro benzene ring substituents is 1. The average Bonchev–Trinajstić information content (AvgIpc) is 3.57. The quantitative estimate of drug-likeness (QED) is 0.209. The molecule has 1 saturated carbocycles. The zero-order chi connectivity index (χ0) is 25.9. The molecule has 0 bridgehead atoms. The highest BCUT2D eigenvalue weighted by atomic mass is 16.6. The standard InChI is InChI=1S/C25H21N5O7/c1-14(35-25(32)16-7-9-19(10-8-16)30(33)34)23-27-28-24(36-23)17-11-18(12-17)26-22(31)20-13-21(37-29-20)15-5-3-2-4-6-15/h2-10,13-14,17-18H,11-12H2,1H3,(H,26,31)/t14-,17-,18-/m0/s1. The first-order valence-corrected chi connectivity index (χ1v) is 11.5. The number of nitrogens with one attached hydrogen (secondary N) is 1. The van der Waals surface area contributed by atoms with Gasteiger partial charge >= 0.3 is 5.97 Å². The Labute approximate surface area is 209 Å². The van der Waals surface area contributed by atoms with E-state index in [-0.39, 0.29) is 40.7 Å². The summed E-state index contributed by atoms with van der Waals surface area (Å²) in [5.41, 5.74) is 1.07. The van der Waals surface area contributed by atoms with E-state index in [1.54, 1.807) is 13.0 Å². The lowest BCUT2D eigenvalue weighted by Gasteiger charge is -2.33. The molecule has 4 aromatic rings. The Morgan fingerprint density at radius 1 is 1.11 bits per heavy atom. The molecule has 0 saturated heterocycles. The van der Waals surface area contributed by atoms with Gasteiger partial charge in [0.05, 0.1) is 10.5 Å². The summed E-state index contributed by atoms with van der Waals surface area (Å²) in [5.74, 6) is 0.00452. The molecule has 5 rings (SSSR count). The third-order valence-corrected chi connectivity index (χ3v) is 6.03. The molecule has 0 unspecified atom stereocenters. The van der Waals surface area contributed by atoms with Crippen LogP contribution < -0.4 is 5.32 Å². The normalized spacial score (nSPS) is 17.4. The van der Waals surface area contributed by atoms with Crippen molar-refractivity contribution in [3.8, 4) is 11.3 Å². The van der Waals surface area contributed by atoms with Crippen LogP contribution in [0.5, 0.6) is 0 Å². The summed E-state index contributed by atoms with van der Waals surface area (Å²) in [6.07, 6.45) is 0.395. The van der Waals surface area contributed by atoms with Crippen molar-refractivity contribution >= 4 is 17.6 Å². The van der Waals surface area contributed by atoms with E-state index in [0.717, 1.165) is 5.56 Å². The molecular weight excluding hydrogens is 482 g/mol. The minimum Gasteiger partial charge on any atom is -0.449 e. The van der Waals surface area contributed by atoms with Gasteiger partial charge in [-0.25, -0.2) is 4.79 Å². The third kappa shape index (κ3) is 5.22. The van der Waals surface area contributed by atoms with Gasteiger partial charge in [-0.15, -0.1) is 10.2 Å². The van der Waals surface area contributed by atoms with Crippen LogP contribution in [0.2, 0.25) is 0 Å². The van der Waals surface area contributed by atoms with Crippen molar-refractivity contribution in [2.75, 3.05) is 0 Å². The predicted octanol–water partition coefficient (Wildman–Crippen LogP) is 4.23. The first-order chi connectivity index (χ1) is 17.9. The second-order valence-corrected chi connectivity index (χ2v) is 8.61. The summed E-state index contributed by atoms with van der Waals surface area (Å²) in [6.45, 7) is 1.59. The Morgan fingerprint density at radius 2 is 1.84 bits per heavy atom. The summed E-state index contributed by atoms with van der Waals surface area (Å²) in [4.78, 5) is 35.1. The predicted molar refractivity (Wildman–Crippen MR) is 126 cm³/mol. The van der Waals surface area contributed by atoms with Crippen LogP contribution in [0.15, 0.2) is 69.6 Å². The second-order valence-electron chi connectivity index (χ2n) is 8.61. The van der Waals surface area contributed by atoms with E-state index in [2.05, 4.69) is 20.7 Å².